The lowest BCUT2D eigenvalue weighted by atomic mass is 10.1. The molecule has 110 valence electrons. The average Bonchev–Trinajstić information content (AvgIpc) is 3.01. The molecule has 0 amide bonds. The van der Waals surface area contributed by atoms with Crippen LogP contribution in [0, 0.1) is 6.92 Å². The van der Waals surface area contributed by atoms with Crippen LogP contribution in [0.25, 0.3) is 0 Å². The maximum absolute atomic E-state index is 4.69. The first-order chi connectivity index (χ1) is 10.3. The fourth-order valence-corrected chi connectivity index (χ4v) is 2.76. The van der Waals surface area contributed by atoms with Gasteiger partial charge < -0.3 is 10.2 Å². The van der Waals surface area contributed by atoms with Crippen molar-refractivity contribution in [2.24, 2.45) is 0 Å². The molecule has 2 heterocycles. The Morgan fingerprint density at radius 2 is 1.90 bits per heavy atom. The van der Waals surface area contributed by atoms with Crippen molar-refractivity contribution >= 4 is 17.5 Å². The van der Waals surface area contributed by atoms with Crippen molar-refractivity contribution in [1.82, 2.24) is 9.97 Å². The molecule has 1 aliphatic heterocycles. The van der Waals surface area contributed by atoms with Crippen LogP contribution in [0.5, 0.6) is 0 Å². The largest absolute Gasteiger partial charge is 0.341 e. The Hall–Kier alpha value is -2.10. The molecular weight excluding hydrogens is 260 g/mol. The Bertz CT molecular complexity index is 618. The van der Waals surface area contributed by atoms with Crippen molar-refractivity contribution in [3.63, 3.8) is 0 Å². The Labute approximate surface area is 126 Å². The van der Waals surface area contributed by atoms with Gasteiger partial charge >= 0.3 is 0 Å². The van der Waals surface area contributed by atoms with Crippen LogP contribution < -0.4 is 10.2 Å². The number of aromatic nitrogens is 2. The van der Waals surface area contributed by atoms with Crippen molar-refractivity contribution in [3.05, 3.63) is 41.6 Å². The van der Waals surface area contributed by atoms with Crippen molar-refractivity contribution in [3.8, 4) is 0 Å². The second-order valence-electron chi connectivity index (χ2n) is 5.52. The van der Waals surface area contributed by atoms with Crippen LogP contribution in [0.1, 0.15) is 31.0 Å². The van der Waals surface area contributed by atoms with Gasteiger partial charge in [-0.15, -0.1) is 0 Å². The van der Waals surface area contributed by atoms with Crippen LogP contribution in [0.15, 0.2) is 30.3 Å². The van der Waals surface area contributed by atoms with Gasteiger partial charge in [-0.05, 0) is 37.8 Å². The van der Waals surface area contributed by atoms with E-state index < -0.39 is 0 Å². The zero-order valence-corrected chi connectivity index (χ0v) is 12.8. The number of anilines is 3. The molecule has 0 bridgehead atoms. The number of hydrogen-bond acceptors (Lipinski definition) is 4. The molecule has 1 aromatic carbocycles. The first-order valence-corrected chi connectivity index (χ1v) is 7.72. The number of nitrogens with one attached hydrogen (secondary N) is 1. The van der Waals surface area contributed by atoms with E-state index in [0.29, 0.717) is 0 Å². The Balaban J connectivity index is 1.88. The van der Waals surface area contributed by atoms with Crippen LogP contribution in [-0.4, -0.2) is 23.1 Å². The minimum Gasteiger partial charge on any atom is -0.341 e. The summed E-state index contributed by atoms with van der Waals surface area (Å²) in [6, 6.07) is 10.4. The number of hydrogen-bond donors (Lipinski definition) is 1. The third kappa shape index (κ3) is 3.15. The number of benzene rings is 1. The molecule has 2 aromatic rings. The van der Waals surface area contributed by atoms with E-state index in [4.69, 9.17) is 0 Å². The summed E-state index contributed by atoms with van der Waals surface area (Å²) >= 11 is 0. The summed E-state index contributed by atoms with van der Waals surface area (Å²) in [5.41, 5.74) is 3.44. The Morgan fingerprint density at radius 3 is 2.67 bits per heavy atom. The molecule has 1 fully saturated rings. The molecular formula is C17H22N4. The highest BCUT2D eigenvalue weighted by Crippen LogP contribution is 2.23. The van der Waals surface area contributed by atoms with Crippen molar-refractivity contribution in [1.29, 1.82) is 0 Å². The summed E-state index contributed by atoms with van der Waals surface area (Å²) in [5.74, 6) is 1.73. The van der Waals surface area contributed by atoms with E-state index in [9.17, 15) is 0 Å². The van der Waals surface area contributed by atoms with Gasteiger partial charge in [0, 0.05) is 30.5 Å². The molecule has 1 saturated heterocycles. The van der Waals surface area contributed by atoms with Gasteiger partial charge in [0.1, 0.15) is 5.82 Å². The normalized spacial score (nSPS) is 14.5. The van der Waals surface area contributed by atoms with E-state index in [1.165, 1.54) is 18.4 Å². The van der Waals surface area contributed by atoms with E-state index >= 15 is 0 Å². The first kappa shape index (κ1) is 13.9. The molecule has 1 aromatic heterocycles. The van der Waals surface area contributed by atoms with Gasteiger partial charge in [-0.1, -0.05) is 25.1 Å². The summed E-state index contributed by atoms with van der Waals surface area (Å²) in [7, 11) is 0. The lowest BCUT2D eigenvalue weighted by Crippen LogP contribution is -2.21. The summed E-state index contributed by atoms with van der Waals surface area (Å²) in [6.07, 6.45) is 3.48. The van der Waals surface area contributed by atoms with Crippen LogP contribution in [0.2, 0.25) is 0 Å². The average molecular weight is 282 g/mol. The third-order valence-electron chi connectivity index (χ3n) is 3.89. The number of aryl methyl sites for hydroxylation is 2. The summed E-state index contributed by atoms with van der Waals surface area (Å²) in [4.78, 5) is 11.5. The molecule has 0 spiro atoms. The number of rotatable bonds is 4. The number of nitrogens with zero attached hydrogens (tertiary/aromatic N) is 3. The quantitative estimate of drug-likeness (QED) is 0.928. The number of para-hydroxylation sites is 1. The molecule has 0 saturated carbocycles. The van der Waals surface area contributed by atoms with Gasteiger partial charge in [0.15, 0.2) is 0 Å². The van der Waals surface area contributed by atoms with Crippen LogP contribution in [0.3, 0.4) is 0 Å². The first-order valence-electron chi connectivity index (χ1n) is 7.72. The third-order valence-corrected chi connectivity index (χ3v) is 3.89. The van der Waals surface area contributed by atoms with Crippen LogP contribution >= 0.6 is 0 Å². The Morgan fingerprint density at radius 1 is 1.14 bits per heavy atom. The molecule has 1 aliphatic rings. The highest BCUT2D eigenvalue weighted by atomic mass is 15.3. The lowest BCUT2D eigenvalue weighted by Gasteiger charge is -2.17. The van der Waals surface area contributed by atoms with Gasteiger partial charge in [-0.2, -0.15) is 4.98 Å². The predicted molar refractivity (Wildman–Crippen MR) is 87.3 cm³/mol. The van der Waals surface area contributed by atoms with Gasteiger partial charge in [0.2, 0.25) is 5.95 Å². The van der Waals surface area contributed by atoms with Gasteiger partial charge in [0.25, 0.3) is 0 Å². The maximum Gasteiger partial charge on any atom is 0.227 e. The van der Waals surface area contributed by atoms with Gasteiger partial charge in [-0.3, -0.25) is 0 Å². The molecule has 0 atom stereocenters. The summed E-state index contributed by atoms with van der Waals surface area (Å²) in [5, 5.41) is 3.45. The molecule has 4 heteroatoms. The fourth-order valence-electron chi connectivity index (χ4n) is 2.76. The van der Waals surface area contributed by atoms with E-state index in [1.807, 2.05) is 13.0 Å². The van der Waals surface area contributed by atoms with Crippen LogP contribution in [-0.2, 0) is 6.42 Å². The van der Waals surface area contributed by atoms with Crippen molar-refractivity contribution in [2.45, 2.75) is 33.1 Å². The zero-order valence-electron chi connectivity index (χ0n) is 12.8. The van der Waals surface area contributed by atoms with E-state index in [1.54, 1.807) is 0 Å². The second-order valence-corrected chi connectivity index (χ2v) is 5.52. The summed E-state index contributed by atoms with van der Waals surface area (Å²) < 4.78 is 0. The Kier molecular flexibility index (Phi) is 4.04. The highest BCUT2D eigenvalue weighted by Gasteiger charge is 2.16. The smallest absolute Gasteiger partial charge is 0.227 e. The molecule has 21 heavy (non-hydrogen) atoms. The lowest BCUT2D eigenvalue weighted by molar-refractivity contribution is 0.890. The topological polar surface area (TPSA) is 41.1 Å². The molecule has 3 rings (SSSR count). The minimum atomic E-state index is 0.851. The molecule has 0 radical (unpaired) electrons. The molecule has 0 aliphatic carbocycles. The molecule has 4 nitrogen and oxygen atoms in total. The van der Waals surface area contributed by atoms with E-state index in [0.717, 1.165) is 42.7 Å². The zero-order chi connectivity index (χ0) is 14.7. The maximum atomic E-state index is 4.69. The monoisotopic (exact) mass is 282 g/mol. The highest BCUT2D eigenvalue weighted by molar-refractivity contribution is 5.61. The SMILES string of the molecule is CCc1ccccc1Nc1cc(C)nc(N2CCCC2)n1. The van der Waals surface area contributed by atoms with Crippen molar-refractivity contribution in [2.75, 3.05) is 23.3 Å². The van der Waals surface area contributed by atoms with Crippen molar-refractivity contribution < 1.29 is 0 Å². The predicted octanol–water partition coefficient (Wildman–Crippen LogP) is 3.69. The summed E-state index contributed by atoms with van der Waals surface area (Å²) in [6.45, 7) is 6.32. The standard InChI is InChI=1S/C17H22N4/c1-3-14-8-4-5-9-15(14)19-16-12-13(2)18-17(20-16)21-10-6-7-11-21/h4-5,8-9,12H,3,6-7,10-11H2,1-2H3,(H,18,19,20). The minimum absolute atomic E-state index is 0.851. The second kappa shape index (κ2) is 6.12. The van der Waals surface area contributed by atoms with E-state index in [2.05, 4.69) is 51.4 Å². The molecule has 1 N–H and O–H groups in total. The van der Waals surface area contributed by atoms with E-state index in [-0.39, 0.29) is 0 Å². The fraction of sp³-hybridized carbons (Fsp3) is 0.412. The van der Waals surface area contributed by atoms with Gasteiger partial charge in [0.05, 0.1) is 0 Å². The van der Waals surface area contributed by atoms with Crippen LogP contribution in [0.4, 0.5) is 17.5 Å². The molecule has 0 unspecified atom stereocenters. The van der Waals surface area contributed by atoms with Gasteiger partial charge in [-0.25, -0.2) is 4.98 Å².